The number of rotatable bonds is 4. The summed E-state index contributed by atoms with van der Waals surface area (Å²) in [5, 5.41) is 2.40. The Morgan fingerprint density at radius 1 is 1.29 bits per heavy atom. The van der Waals surface area contributed by atoms with Gasteiger partial charge in [-0.05, 0) is 24.6 Å². The number of amides is 1. The first-order valence-electron chi connectivity index (χ1n) is 6.91. The Bertz CT molecular complexity index is 745. The number of halogens is 3. The SMILES string of the molecule is O=C(COC(=O)c1cccc(C(F)(F)F)c1)N[C@H]1CCS(=O)(=O)C1. The van der Waals surface area contributed by atoms with E-state index in [2.05, 4.69) is 10.1 Å². The lowest BCUT2D eigenvalue weighted by molar-refractivity contribution is -0.137. The zero-order chi connectivity index (χ0) is 18.0. The number of alkyl halides is 3. The van der Waals surface area contributed by atoms with Gasteiger partial charge in [-0.3, -0.25) is 4.79 Å². The van der Waals surface area contributed by atoms with E-state index < -0.39 is 46.1 Å². The summed E-state index contributed by atoms with van der Waals surface area (Å²) < 4.78 is 64.9. The summed E-state index contributed by atoms with van der Waals surface area (Å²) in [6.45, 7) is -0.703. The fourth-order valence-electron chi connectivity index (χ4n) is 2.22. The first kappa shape index (κ1) is 18.2. The molecule has 1 aliphatic heterocycles. The van der Waals surface area contributed by atoms with Crippen LogP contribution in [0.4, 0.5) is 13.2 Å². The van der Waals surface area contributed by atoms with Gasteiger partial charge in [0.05, 0.1) is 22.6 Å². The molecule has 1 saturated heterocycles. The molecule has 1 amide bonds. The van der Waals surface area contributed by atoms with Crippen LogP contribution >= 0.6 is 0 Å². The third-order valence-corrected chi connectivity index (χ3v) is 5.13. The van der Waals surface area contributed by atoms with Crippen molar-refractivity contribution in [1.82, 2.24) is 5.32 Å². The second-order valence-electron chi connectivity index (χ2n) is 5.32. The smallest absolute Gasteiger partial charge is 0.416 e. The van der Waals surface area contributed by atoms with Gasteiger partial charge in [0, 0.05) is 6.04 Å². The lowest BCUT2D eigenvalue weighted by Crippen LogP contribution is -2.38. The molecule has 1 heterocycles. The van der Waals surface area contributed by atoms with Crippen LogP contribution in [-0.4, -0.2) is 44.4 Å². The highest BCUT2D eigenvalue weighted by atomic mass is 32.2. The van der Waals surface area contributed by atoms with Gasteiger partial charge in [0.1, 0.15) is 0 Å². The van der Waals surface area contributed by atoms with Gasteiger partial charge in [-0.2, -0.15) is 13.2 Å². The predicted molar refractivity (Wildman–Crippen MR) is 76.9 cm³/mol. The maximum Gasteiger partial charge on any atom is 0.416 e. The predicted octanol–water partition coefficient (Wildman–Crippen LogP) is 1.17. The maximum absolute atomic E-state index is 12.6. The lowest BCUT2D eigenvalue weighted by Gasteiger charge is -2.11. The molecule has 0 unspecified atom stereocenters. The molecular weight excluding hydrogens is 351 g/mol. The molecule has 1 atom stereocenters. The third kappa shape index (κ3) is 4.95. The average molecular weight is 365 g/mol. The number of ether oxygens (including phenoxy) is 1. The van der Waals surface area contributed by atoms with E-state index in [1.807, 2.05) is 0 Å². The van der Waals surface area contributed by atoms with Crippen LogP contribution in [0, 0.1) is 0 Å². The third-order valence-electron chi connectivity index (χ3n) is 3.36. The van der Waals surface area contributed by atoms with Crippen LogP contribution in [0.1, 0.15) is 22.3 Å². The van der Waals surface area contributed by atoms with Crippen molar-refractivity contribution in [2.24, 2.45) is 0 Å². The van der Waals surface area contributed by atoms with Crippen LogP contribution in [0.2, 0.25) is 0 Å². The first-order valence-corrected chi connectivity index (χ1v) is 8.73. The van der Waals surface area contributed by atoms with Gasteiger partial charge in [0.25, 0.3) is 5.91 Å². The molecule has 0 aromatic heterocycles. The quantitative estimate of drug-likeness (QED) is 0.809. The topological polar surface area (TPSA) is 89.5 Å². The molecule has 1 aromatic rings. The van der Waals surface area contributed by atoms with Gasteiger partial charge >= 0.3 is 12.1 Å². The van der Waals surface area contributed by atoms with Crippen LogP contribution in [-0.2, 0) is 25.5 Å². The van der Waals surface area contributed by atoms with E-state index in [1.54, 1.807) is 0 Å². The number of benzene rings is 1. The van der Waals surface area contributed by atoms with Crippen LogP contribution < -0.4 is 5.32 Å². The molecular formula is C14H14F3NO5S. The van der Waals surface area contributed by atoms with Gasteiger partial charge in [-0.25, -0.2) is 13.2 Å². The van der Waals surface area contributed by atoms with Crippen LogP contribution in [0.5, 0.6) is 0 Å². The molecule has 1 aromatic carbocycles. The Morgan fingerprint density at radius 2 is 2.00 bits per heavy atom. The molecule has 6 nitrogen and oxygen atoms in total. The summed E-state index contributed by atoms with van der Waals surface area (Å²) in [5.74, 6) is -1.99. The highest BCUT2D eigenvalue weighted by Crippen LogP contribution is 2.29. The largest absolute Gasteiger partial charge is 0.452 e. The van der Waals surface area contributed by atoms with E-state index in [-0.39, 0.29) is 23.5 Å². The van der Waals surface area contributed by atoms with Gasteiger partial charge in [0.15, 0.2) is 16.4 Å². The molecule has 1 N–H and O–H groups in total. The van der Waals surface area contributed by atoms with Crippen LogP contribution in [0.25, 0.3) is 0 Å². The molecule has 1 aliphatic rings. The highest BCUT2D eigenvalue weighted by Gasteiger charge is 2.31. The molecule has 24 heavy (non-hydrogen) atoms. The minimum atomic E-state index is -4.60. The Morgan fingerprint density at radius 3 is 2.58 bits per heavy atom. The minimum Gasteiger partial charge on any atom is -0.452 e. The zero-order valence-electron chi connectivity index (χ0n) is 12.3. The normalized spacial score (nSPS) is 19.7. The number of carbonyl (C=O) groups excluding carboxylic acids is 2. The minimum absolute atomic E-state index is 0.0258. The second-order valence-corrected chi connectivity index (χ2v) is 7.55. The average Bonchev–Trinajstić information content (AvgIpc) is 2.83. The molecule has 1 fully saturated rings. The van der Waals surface area contributed by atoms with Crippen LogP contribution in [0.3, 0.4) is 0 Å². The molecule has 10 heteroatoms. The Labute approximate surface area is 135 Å². The van der Waals surface area contributed by atoms with Gasteiger partial charge in [-0.15, -0.1) is 0 Å². The number of carbonyl (C=O) groups is 2. The van der Waals surface area contributed by atoms with Crippen molar-refractivity contribution in [3.63, 3.8) is 0 Å². The van der Waals surface area contributed by atoms with Crippen molar-refractivity contribution in [3.05, 3.63) is 35.4 Å². The van der Waals surface area contributed by atoms with Crippen LogP contribution in [0.15, 0.2) is 24.3 Å². The van der Waals surface area contributed by atoms with E-state index in [1.165, 1.54) is 0 Å². The Hall–Kier alpha value is -2.10. The Kier molecular flexibility index (Phi) is 5.16. The number of sulfone groups is 1. The van der Waals surface area contributed by atoms with E-state index in [0.717, 1.165) is 18.2 Å². The molecule has 0 bridgehead atoms. The number of esters is 1. The van der Waals surface area contributed by atoms with E-state index in [0.29, 0.717) is 6.07 Å². The van der Waals surface area contributed by atoms with E-state index in [9.17, 15) is 31.2 Å². The molecule has 0 spiro atoms. The van der Waals surface area contributed by atoms with Crippen molar-refractivity contribution in [2.75, 3.05) is 18.1 Å². The fraction of sp³-hybridized carbons (Fsp3) is 0.429. The van der Waals surface area contributed by atoms with E-state index in [4.69, 9.17) is 0 Å². The summed E-state index contributed by atoms with van der Waals surface area (Å²) in [6.07, 6.45) is -4.32. The first-order chi connectivity index (χ1) is 11.1. The second kappa shape index (κ2) is 6.80. The standard InChI is InChI=1S/C14H14F3NO5S/c15-14(16,17)10-3-1-2-9(6-10)13(20)23-7-12(19)18-11-4-5-24(21,22)8-11/h1-3,6,11H,4-5,7-8H2,(H,18,19)/t11-/m0/s1. The molecule has 132 valence electrons. The van der Waals surface area contributed by atoms with Gasteiger partial charge in [-0.1, -0.05) is 6.07 Å². The van der Waals surface area contributed by atoms with Gasteiger partial charge in [0.2, 0.25) is 0 Å². The maximum atomic E-state index is 12.6. The molecule has 0 radical (unpaired) electrons. The Balaban J connectivity index is 1.88. The summed E-state index contributed by atoms with van der Waals surface area (Å²) in [6, 6.07) is 3.09. The number of hydrogen-bond donors (Lipinski definition) is 1. The van der Waals surface area contributed by atoms with Gasteiger partial charge < -0.3 is 10.1 Å². The number of nitrogens with one attached hydrogen (secondary N) is 1. The molecule has 0 saturated carbocycles. The molecule has 2 rings (SSSR count). The summed E-state index contributed by atoms with van der Waals surface area (Å²) in [4.78, 5) is 23.3. The van der Waals surface area contributed by atoms with Crippen molar-refractivity contribution in [1.29, 1.82) is 0 Å². The van der Waals surface area contributed by atoms with E-state index >= 15 is 0 Å². The summed E-state index contributed by atoms with van der Waals surface area (Å²) in [7, 11) is -3.16. The summed E-state index contributed by atoms with van der Waals surface area (Å²) in [5.41, 5.74) is -1.33. The zero-order valence-corrected chi connectivity index (χ0v) is 13.1. The van der Waals surface area contributed by atoms with Crippen molar-refractivity contribution >= 4 is 21.7 Å². The molecule has 0 aliphatic carbocycles. The van der Waals surface area contributed by atoms with Crippen molar-refractivity contribution in [3.8, 4) is 0 Å². The van der Waals surface area contributed by atoms with Crippen molar-refractivity contribution in [2.45, 2.75) is 18.6 Å². The number of hydrogen-bond acceptors (Lipinski definition) is 5. The monoisotopic (exact) mass is 365 g/mol. The summed E-state index contributed by atoms with van der Waals surface area (Å²) >= 11 is 0. The highest BCUT2D eigenvalue weighted by molar-refractivity contribution is 7.91. The van der Waals surface area contributed by atoms with Crippen molar-refractivity contribution < 1.29 is 35.9 Å². The lowest BCUT2D eigenvalue weighted by atomic mass is 10.1. The fourth-order valence-corrected chi connectivity index (χ4v) is 3.89.